The summed E-state index contributed by atoms with van der Waals surface area (Å²) in [5, 5.41) is 9.71. The number of carbonyl (C=O) groups is 1. The Morgan fingerprint density at radius 1 is 1.47 bits per heavy atom. The van der Waals surface area contributed by atoms with Crippen molar-refractivity contribution in [3.05, 3.63) is 35.3 Å². The van der Waals surface area contributed by atoms with Crippen LogP contribution in [0.4, 0.5) is 4.39 Å². The number of hydrogen-bond acceptors (Lipinski definition) is 1. The summed E-state index contributed by atoms with van der Waals surface area (Å²) in [6.07, 6.45) is 1.94. The zero-order chi connectivity index (χ0) is 12.2. The highest BCUT2D eigenvalue weighted by molar-refractivity contribution is 5.98. The summed E-state index contributed by atoms with van der Waals surface area (Å²) in [5.74, 6) is -1.33. The van der Waals surface area contributed by atoms with Crippen molar-refractivity contribution in [2.75, 3.05) is 0 Å². The normalized spacial score (nSPS) is 15.4. The van der Waals surface area contributed by atoms with Crippen molar-refractivity contribution < 1.29 is 14.3 Å². The summed E-state index contributed by atoms with van der Waals surface area (Å²) in [6.45, 7) is 1.67. The van der Waals surface area contributed by atoms with E-state index in [4.69, 9.17) is 0 Å². The number of aromatic nitrogens is 1. The van der Waals surface area contributed by atoms with Crippen molar-refractivity contribution in [1.29, 1.82) is 0 Å². The predicted octanol–water partition coefficient (Wildman–Crippen LogP) is 3.12. The highest BCUT2D eigenvalue weighted by Crippen LogP contribution is 2.41. The van der Waals surface area contributed by atoms with E-state index in [1.54, 1.807) is 23.6 Å². The van der Waals surface area contributed by atoms with Gasteiger partial charge in [-0.05, 0) is 37.5 Å². The van der Waals surface area contributed by atoms with Gasteiger partial charge in [0.2, 0.25) is 0 Å². The van der Waals surface area contributed by atoms with Gasteiger partial charge < -0.3 is 9.67 Å². The maximum absolute atomic E-state index is 13.8. The molecule has 4 heteroatoms. The second-order valence-corrected chi connectivity index (χ2v) is 4.51. The van der Waals surface area contributed by atoms with E-state index in [2.05, 4.69) is 0 Å². The number of rotatable bonds is 2. The quantitative estimate of drug-likeness (QED) is 0.865. The van der Waals surface area contributed by atoms with Gasteiger partial charge in [-0.25, -0.2) is 9.18 Å². The SMILES string of the molecule is Cc1c(C(=O)O)n(C2CC2)c2cccc(F)c12. The smallest absolute Gasteiger partial charge is 0.352 e. The summed E-state index contributed by atoms with van der Waals surface area (Å²) < 4.78 is 15.6. The minimum Gasteiger partial charge on any atom is -0.477 e. The van der Waals surface area contributed by atoms with E-state index < -0.39 is 5.97 Å². The number of halogens is 1. The summed E-state index contributed by atoms with van der Waals surface area (Å²) in [6, 6.07) is 5.01. The molecule has 1 fully saturated rings. The number of aromatic carboxylic acids is 1. The molecule has 0 atom stereocenters. The Kier molecular flexibility index (Phi) is 2.02. The lowest BCUT2D eigenvalue weighted by Crippen LogP contribution is -2.08. The largest absolute Gasteiger partial charge is 0.477 e. The van der Waals surface area contributed by atoms with Crippen LogP contribution in [-0.2, 0) is 0 Å². The number of hydrogen-bond donors (Lipinski definition) is 1. The van der Waals surface area contributed by atoms with Gasteiger partial charge in [0.1, 0.15) is 11.5 Å². The van der Waals surface area contributed by atoms with Gasteiger partial charge in [0, 0.05) is 11.4 Å². The molecule has 0 bridgehead atoms. The van der Waals surface area contributed by atoms with E-state index in [1.165, 1.54) is 6.07 Å². The number of nitrogens with zero attached hydrogens (tertiary/aromatic N) is 1. The summed E-state index contributed by atoms with van der Waals surface area (Å²) >= 11 is 0. The van der Waals surface area contributed by atoms with Gasteiger partial charge in [0.25, 0.3) is 0 Å². The zero-order valence-corrected chi connectivity index (χ0v) is 9.40. The standard InChI is InChI=1S/C13H12FNO2/c1-7-11-9(14)3-2-4-10(11)15(8-5-6-8)12(7)13(16)17/h2-4,8H,5-6H2,1H3,(H,16,17). The Hall–Kier alpha value is -1.84. The maximum atomic E-state index is 13.8. The third kappa shape index (κ3) is 1.37. The van der Waals surface area contributed by atoms with Crippen molar-refractivity contribution in [2.24, 2.45) is 0 Å². The molecular weight excluding hydrogens is 221 g/mol. The Morgan fingerprint density at radius 2 is 2.18 bits per heavy atom. The van der Waals surface area contributed by atoms with Gasteiger partial charge >= 0.3 is 5.97 Å². The van der Waals surface area contributed by atoms with Gasteiger partial charge in [-0.1, -0.05) is 6.07 Å². The first-order valence-electron chi connectivity index (χ1n) is 5.63. The third-order valence-electron chi connectivity index (χ3n) is 3.34. The van der Waals surface area contributed by atoms with Crippen molar-refractivity contribution in [2.45, 2.75) is 25.8 Å². The molecule has 17 heavy (non-hydrogen) atoms. The summed E-state index contributed by atoms with van der Waals surface area (Å²) in [5.41, 5.74) is 1.45. The molecule has 0 saturated heterocycles. The van der Waals surface area contributed by atoms with Crippen LogP contribution >= 0.6 is 0 Å². The molecule has 3 rings (SSSR count). The van der Waals surface area contributed by atoms with Gasteiger partial charge in [-0.15, -0.1) is 0 Å². The highest BCUT2D eigenvalue weighted by Gasteiger charge is 2.31. The molecule has 1 aromatic heterocycles. The van der Waals surface area contributed by atoms with Gasteiger partial charge in [-0.3, -0.25) is 0 Å². The Morgan fingerprint density at radius 3 is 2.76 bits per heavy atom. The lowest BCUT2D eigenvalue weighted by molar-refractivity contribution is 0.0684. The minimum atomic E-state index is -0.981. The molecule has 1 aliphatic carbocycles. The first kappa shape index (κ1) is 10.3. The van der Waals surface area contributed by atoms with Crippen LogP contribution in [0.25, 0.3) is 10.9 Å². The summed E-state index contributed by atoms with van der Waals surface area (Å²) in [4.78, 5) is 11.3. The van der Waals surface area contributed by atoms with Crippen LogP contribution in [-0.4, -0.2) is 15.6 Å². The molecule has 3 nitrogen and oxygen atoms in total. The number of carboxylic acid groups (broad SMARTS) is 1. The number of aryl methyl sites for hydroxylation is 1. The molecule has 1 aromatic carbocycles. The van der Waals surface area contributed by atoms with E-state index in [9.17, 15) is 14.3 Å². The Labute approximate surface area is 97.5 Å². The molecule has 0 spiro atoms. The predicted molar refractivity (Wildman–Crippen MR) is 61.9 cm³/mol. The first-order valence-corrected chi connectivity index (χ1v) is 5.63. The van der Waals surface area contributed by atoms with Crippen LogP contribution in [0.15, 0.2) is 18.2 Å². The maximum Gasteiger partial charge on any atom is 0.352 e. The highest BCUT2D eigenvalue weighted by atomic mass is 19.1. The molecule has 0 amide bonds. The van der Waals surface area contributed by atoms with Crippen molar-refractivity contribution >= 4 is 16.9 Å². The van der Waals surface area contributed by atoms with E-state index in [0.717, 1.165) is 12.8 Å². The van der Waals surface area contributed by atoms with Crippen LogP contribution in [0, 0.1) is 12.7 Å². The van der Waals surface area contributed by atoms with Crippen LogP contribution < -0.4 is 0 Å². The van der Waals surface area contributed by atoms with Gasteiger partial charge in [0.05, 0.1) is 5.52 Å². The topological polar surface area (TPSA) is 42.2 Å². The lowest BCUT2D eigenvalue weighted by Gasteiger charge is -2.05. The van der Waals surface area contributed by atoms with E-state index in [1.807, 2.05) is 0 Å². The van der Waals surface area contributed by atoms with Crippen LogP contribution in [0.5, 0.6) is 0 Å². The number of carboxylic acids is 1. The average Bonchev–Trinajstić information content (AvgIpc) is 3.04. The van der Waals surface area contributed by atoms with Gasteiger partial charge in [-0.2, -0.15) is 0 Å². The zero-order valence-electron chi connectivity index (χ0n) is 9.40. The van der Waals surface area contributed by atoms with Crippen LogP contribution in [0.2, 0.25) is 0 Å². The molecule has 0 unspecified atom stereocenters. The van der Waals surface area contributed by atoms with Gasteiger partial charge in [0.15, 0.2) is 0 Å². The molecule has 1 aliphatic rings. The van der Waals surface area contributed by atoms with Crippen LogP contribution in [0.1, 0.15) is 34.9 Å². The third-order valence-corrected chi connectivity index (χ3v) is 3.34. The fraction of sp³-hybridized carbons (Fsp3) is 0.308. The number of benzene rings is 1. The fourth-order valence-corrected chi connectivity index (χ4v) is 2.48. The van der Waals surface area contributed by atoms with Crippen molar-refractivity contribution in [3.63, 3.8) is 0 Å². The molecule has 1 heterocycles. The molecule has 0 aliphatic heterocycles. The molecular formula is C13H12FNO2. The Bertz CT molecular complexity index is 626. The summed E-state index contributed by atoms with van der Waals surface area (Å²) in [7, 11) is 0. The second kappa shape index (κ2) is 3.32. The average molecular weight is 233 g/mol. The lowest BCUT2D eigenvalue weighted by atomic mass is 10.1. The number of fused-ring (bicyclic) bond motifs is 1. The Balaban J connectivity index is 2.45. The fourth-order valence-electron chi connectivity index (χ4n) is 2.48. The van der Waals surface area contributed by atoms with E-state index >= 15 is 0 Å². The molecule has 2 aromatic rings. The monoisotopic (exact) mass is 233 g/mol. The molecule has 1 N–H and O–H groups in total. The molecule has 88 valence electrons. The van der Waals surface area contributed by atoms with Crippen LogP contribution in [0.3, 0.4) is 0 Å². The van der Waals surface area contributed by atoms with E-state index in [0.29, 0.717) is 16.5 Å². The second-order valence-electron chi connectivity index (χ2n) is 4.51. The molecule has 0 radical (unpaired) electrons. The van der Waals surface area contributed by atoms with E-state index in [-0.39, 0.29) is 17.6 Å². The minimum absolute atomic E-state index is 0.221. The van der Waals surface area contributed by atoms with Crippen molar-refractivity contribution in [1.82, 2.24) is 4.57 Å². The van der Waals surface area contributed by atoms with Crippen molar-refractivity contribution in [3.8, 4) is 0 Å². The molecule has 1 saturated carbocycles. The first-order chi connectivity index (χ1) is 8.11.